The summed E-state index contributed by atoms with van der Waals surface area (Å²) in [6, 6.07) is 4.69. The smallest absolute Gasteiger partial charge is 0.191 e. The lowest BCUT2D eigenvalue weighted by atomic mass is 10.0. The van der Waals surface area contributed by atoms with Crippen molar-refractivity contribution < 1.29 is 14.2 Å². The Kier molecular flexibility index (Phi) is 6.36. The van der Waals surface area contributed by atoms with Crippen LogP contribution < -0.4 is 10.6 Å². The number of nitrogens with one attached hydrogen (secondary N) is 2. The molecule has 23 heavy (non-hydrogen) atoms. The first-order valence-corrected chi connectivity index (χ1v) is 8.10. The highest BCUT2D eigenvalue weighted by atomic mass is 19.1. The molecule has 6 heteroatoms. The molecule has 1 aromatic rings. The predicted octanol–water partition coefficient (Wildman–Crippen LogP) is 1.94. The molecule has 1 aliphatic rings. The van der Waals surface area contributed by atoms with Crippen molar-refractivity contribution in [2.45, 2.75) is 45.4 Å². The Hall–Kier alpha value is -1.66. The van der Waals surface area contributed by atoms with Gasteiger partial charge in [0.2, 0.25) is 0 Å². The third-order valence-corrected chi connectivity index (χ3v) is 3.97. The SMILES string of the molecule is CCNC(=NCc1ccc(F)c(CO)c1)NCC1(C)CCCO1. The standard InChI is InChI=1S/C17H26FN3O2/c1-3-19-16(21-12-17(2)7-4-8-23-17)20-10-13-5-6-15(18)14(9-13)11-22/h5-6,9,22H,3-4,7-8,10-12H2,1-2H3,(H2,19,20,21). The first kappa shape index (κ1) is 17.7. The Morgan fingerprint density at radius 2 is 2.26 bits per heavy atom. The first-order valence-electron chi connectivity index (χ1n) is 8.10. The van der Waals surface area contributed by atoms with E-state index < -0.39 is 5.82 Å². The quantitative estimate of drug-likeness (QED) is 0.553. The maximum atomic E-state index is 13.4. The molecule has 0 saturated carbocycles. The van der Waals surface area contributed by atoms with Gasteiger partial charge < -0.3 is 20.5 Å². The predicted molar refractivity (Wildman–Crippen MR) is 88.7 cm³/mol. The molecule has 0 spiro atoms. The summed E-state index contributed by atoms with van der Waals surface area (Å²) in [5, 5.41) is 15.6. The van der Waals surface area contributed by atoms with Gasteiger partial charge in [0, 0.05) is 25.3 Å². The lowest BCUT2D eigenvalue weighted by Crippen LogP contribution is -2.45. The Morgan fingerprint density at radius 3 is 2.91 bits per heavy atom. The Balaban J connectivity index is 1.97. The van der Waals surface area contributed by atoms with Crippen molar-refractivity contribution in [2.75, 3.05) is 19.7 Å². The van der Waals surface area contributed by atoms with E-state index in [-0.39, 0.29) is 12.2 Å². The third kappa shape index (κ3) is 5.18. The highest BCUT2D eigenvalue weighted by molar-refractivity contribution is 5.79. The van der Waals surface area contributed by atoms with Crippen LogP contribution in [0.3, 0.4) is 0 Å². The van der Waals surface area contributed by atoms with Gasteiger partial charge in [0.05, 0.1) is 18.8 Å². The fraction of sp³-hybridized carbons (Fsp3) is 0.588. The van der Waals surface area contributed by atoms with E-state index in [1.807, 2.05) is 6.92 Å². The molecule has 1 saturated heterocycles. The van der Waals surface area contributed by atoms with Crippen molar-refractivity contribution >= 4 is 5.96 Å². The van der Waals surface area contributed by atoms with E-state index in [4.69, 9.17) is 9.84 Å². The number of halogens is 1. The van der Waals surface area contributed by atoms with Gasteiger partial charge in [-0.1, -0.05) is 6.07 Å². The van der Waals surface area contributed by atoms with Crippen LogP contribution in [-0.4, -0.2) is 36.4 Å². The second-order valence-electron chi connectivity index (χ2n) is 6.03. The second-order valence-corrected chi connectivity index (χ2v) is 6.03. The number of aliphatic hydroxyl groups is 1. The van der Waals surface area contributed by atoms with Gasteiger partial charge >= 0.3 is 0 Å². The topological polar surface area (TPSA) is 65.9 Å². The number of guanidine groups is 1. The second kappa shape index (κ2) is 8.26. The highest BCUT2D eigenvalue weighted by Crippen LogP contribution is 2.23. The third-order valence-electron chi connectivity index (χ3n) is 3.97. The van der Waals surface area contributed by atoms with Crippen LogP contribution in [0, 0.1) is 5.82 Å². The number of rotatable bonds is 6. The monoisotopic (exact) mass is 323 g/mol. The van der Waals surface area contributed by atoms with E-state index in [0.29, 0.717) is 24.6 Å². The number of hydrogen-bond acceptors (Lipinski definition) is 3. The summed E-state index contributed by atoms with van der Waals surface area (Å²) in [5.41, 5.74) is 1.01. The van der Waals surface area contributed by atoms with Gasteiger partial charge in [0.15, 0.2) is 5.96 Å². The number of nitrogens with zero attached hydrogens (tertiary/aromatic N) is 1. The van der Waals surface area contributed by atoms with Gasteiger partial charge in [-0.2, -0.15) is 0 Å². The van der Waals surface area contributed by atoms with Gasteiger partial charge in [-0.05, 0) is 44.4 Å². The zero-order chi connectivity index (χ0) is 16.7. The molecule has 1 fully saturated rings. The number of aliphatic hydroxyl groups excluding tert-OH is 1. The van der Waals surface area contributed by atoms with Gasteiger partial charge in [-0.3, -0.25) is 0 Å². The van der Waals surface area contributed by atoms with Gasteiger partial charge in [0.1, 0.15) is 5.82 Å². The molecule has 2 rings (SSSR count). The summed E-state index contributed by atoms with van der Waals surface area (Å²) in [6.45, 7) is 6.48. The number of hydrogen-bond donors (Lipinski definition) is 3. The van der Waals surface area contributed by atoms with Gasteiger partial charge in [0.25, 0.3) is 0 Å². The van der Waals surface area contributed by atoms with Crippen LogP contribution >= 0.6 is 0 Å². The van der Waals surface area contributed by atoms with E-state index in [0.717, 1.165) is 31.6 Å². The molecule has 3 N–H and O–H groups in total. The minimum absolute atomic E-state index is 0.143. The number of benzene rings is 1. The average Bonchev–Trinajstić information content (AvgIpc) is 2.98. The Bertz CT molecular complexity index is 543. The zero-order valence-electron chi connectivity index (χ0n) is 13.9. The molecule has 0 aliphatic carbocycles. The summed E-state index contributed by atoms with van der Waals surface area (Å²) >= 11 is 0. The molecule has 128 valence electrons. The van der Waals surface area contributed by atoms with Crippen LogP contribution in [0.4, 0.5) is 4.39 Å². The largest absolute Gasteiger partial charge is 0.392 e. The van der Waals surface area contributed by atoms with Crippen LogP contribution in [0.25, 0.3) is 0 Å². The zero-order valence-corrected chi connectivity index (χ0v) is 13.9. The maximum Gasteiger partial charge on any atom is 0.191 e. The van der Waals surface area contributed by atoms with E-state index in [9.17, 15) is 4.39 Å². The van der Waals surface area contributed by atoms with E-state index in [1.165, 1.54) is 6.07 Å². The fourth-order valence-electron chi connectivity index (χ4n) is 2.61. The van der Waals surface area contributed by atoms with Crippen molar-refractivity contribution in [3.05, 3.63) is 35.1 Å². The van der Waals surface area contributed by atoms with Crippen LogP contribution in [-0.2, 0) is 17.9 Å². The minimum Gasteiger partial charge on any atom is -0.392 e. The highest BCUT2D eigenvalue weighted by Gasteiger charge is 2.29. The lowest BCUT2D eigenvalue weighted by Gasteiger charge is -2.24. The molecular weight excluding hydrogens is 297 g/mol. The maximum absolute atomic E-state index is 13.4. The molecule has 0 aromatic heterocycles. The van der Waals surface area contributed by atoms with Crippen molar-refractivity contribution in [3.8, 4) is 0 Å². The van der Waals surface area contributed by atoms with Crippen LogP contribution in [0.15, 0.2) is 23.2 Å². The molecule has 0 radical (unpaired) electrons. The number of aliphatic imine (C=N–C) groups is 1. The van der Waals surface area contributed by atoms with E-state index >= 15 is 0 Å². The minimum atomic E-state index is -0.392. The van der Waals surface area contributed by atoms with Crippen LogP contribution in [0.5, 0.6) is 0 Å². The molecule has 1 heterocycles. The normalized spacial score (nSPS) is 21.5. The molecule has 1 unspecified atom stereocenters. The lowest BCUT2D eigenvalue weighted by molar-refractivity contribution is 0.0243. The molecular formula is C17H26FN3O2. The van der Waals surface area contributed by atoms with Crippen molar-refractivity contribution in [2.24, 2.45) is 4.99 Å². The molecule has 0 amide bonds. The summed E-state index contributed by atoms with van der Waals surface area (Å²) in [5.74, 6) is 0.315. The van der Waals surface area contributed by atoms with Gasteiger partial charge in [-0.25, -0.2) is 9.38 Å². The van der Waals surface area contributed by atoms with Crippen molar-refractivity contribution in [1.29, 1.82) is 0 Å². The fourth-order valence-corrected chi connectivity index (χ4v) is 2.61. The molecule has 1 aliphatic heterocycles. The summed E-state index contributed by atoms with van der Waals surface area (Å²) in [6.07, 6.45) is 2.13. The molecule has 5 nitrogen and oxygen atoms in total. The molecule has 1 aromatic carbocycles. The summed E-state index contributed by atoms with van der Waals surface area (Å²) in [4.78, 5) is 4.52. The van der Waals surface area contributed by atoms with Crippen LogP contribution in [0.1, 0.15) is 37.8 Å². The van der Waals surface area contributed by atoms with Crippen LogP contribution in [0.2, 0.25) is 0 Å². The molecule has 1 atom stereocenters. The molecule has 0 bridgehead atoms. The summed E-state index contributed by atoms with van der Waals surface area (Å²) < 4.78 is 19.2. The summed E-state index contributed by atoms with van der Waals surface area (Å²) in [7, 11) is 0. The van der Waals surface area contributed by atoms with Crippen molar-refractivity contribution in [3.63, 3.8) is 0 Å². The van der Waals surface area contributed by atoms with Crippen molar-refractivity contribution in [1.82, 2.24) is 10.6 Å². The van der Waals surface area contributed by atoms with Gasteiger partial charge in [-0.15, -0.1) is 0 Å². The average molecular weight is 323 g/mol. The Morgan fingerprint density at radius 1 is 1.43 bits per heavy atom. The van der Waals surface area contributed by atoms with E-state index in [2.05, 4.69) is 22.5 Å². The van der Waals surface area contributed by atoms with E-state index in [1.54, 1.807) is 12.1 Å². The number of ether oxygens (including phenoxy) is 1. The first-order chi connectivity index (χ1) is 11.1. The Labute approximate surface area is 137 Å².